The zero-order valence-corrected chi connectivity index (χ0v) is 11.5. The van der Waals surface area contributed by atoms with E-state index in [4.69, 9.17) is 4.74 Å². The number of rotatable bonds is 4. The van der Waals surface area contributed by atoms with Crippen LogP contribution in [-0.4, -0.2) is 30.4 Å². The summed E-state index contributed by atoms with van der Waals surface area (Å²) in [6, 6.07) is 7.77. The fourth-order valence-electron chi connectivity index (χ4n) is 1.98. The maximum Gasteiger partial charge on any atom is 0.0914 e. The summed E-state index contributed by atoms with van der Waals surface area (Å²) in [5.41, 5.74) is 0.932. The molecule has 0 spiro atoms. The molecule has 0 aromatic heterocycles. The highest BCUT2D eigenvalue weighted by molar-refractivity contribution is 9.10. The van der Waals surface area contributed by atoms with Crippen molar-refractivity contribution in [3.63, 3.8) is 0 Å². The van der Waals surface area contributed by atoms with Gasteiger partial charge in [-0.1, -0.05) is 28.1 Å². The number of halogens is 1. The normalized spacial score (nSPS) is 26.1. The van der Waals surface area contributed by atoms with Crippen LogP contribution < -0.4 is 5.32 Å². The summed E-state index contributed by atoms with van der Waals surface area (Å²) < 4.78 is 6.36. The number of hydrogen-bond donors (Lipinski definition) is 2. The summed E-state index contributed by atoms with van der Waals surface area (Å²) in [7, 11) is 0. The molecule has 0 amide bonds. The second-order valence-corrected chi connectivity index (χ2v) is 5.73. The molecule has 2 rings (SSSR count). The molecule has 0 aliphatic carbocycles. The third kappa shape index (κ3) is 3.52. The van der Waals surface area contributed by atoms with Crippen molar-refractivity contribution in [3.05, 3.63) is 34.3 Å². The van der Waals surface area contributed by atoms with Gasteiger partial charge in [0.25, 0.3) is 0 Å². The lowest BCUT2D eigenvalue weighted by molar-refractivity contribution is 0.141. The van der Waals surface area contributed by atoms with Gasteiger partial charge in [0.2, 0.25) is 0 Å². The van der Waals surface area contributed by atoms with Gasteiger partial charge in [-0.15, -0.1) is 0 Å². The average molecular weight is 300 g/mol. The van der Waals surface area contributed by atoms with Crippen LogP contribution >= 0.6 is 15.9 Å². The second kappa shape index (κ2) is 5.48. The van der Waals surface area contributed by atoms with Gasteiger partial charge in [-0.05, 0) is 31.0 Å². The number of nitrogens with one attached hydrogen (secondary N) is 1. The van der Waals surface area contributed by atoms with Gasteiger partial charge in [0.1, 0.15) is 0 Å². The third-order valence-electron chi connectivity index (χ3n) is 3.17. The van der Waals surface area contributed by atoms with E-state index >= 15 is 0 Å². The molecule has 94 valence electrons. The third-order valence-corrected chi connectivity index (χ3v) is 3.67. The van der Waals surface area contributed by atoms with E-state index in [-0.39, 0.29) is 5.54 Å². The number of hydrogen-bond acceptors (Lipinski definition) is 3. The Morgan fingerprint density at radius 2 is 2.41 bits per heavy atom. The Hall–Kier alpha value is -0.420. The van der Waals surface area contributed by atoms with Gasteiger partial charge >= 0.3 is 0 Å². The monoisotopic (exact) mass is 299 g/mol. The molecule has 1 fully saturated rings. The van der Waals surface area contributed by atoms with Crippen molar-refractivity contribution in [2.24, 2.45) is 0 Å². The lowest BCUT2D eigenvalue weighted by Gasteiger charge is -2.25. The quantitative estimate of drug-likeness (QED) is 0.896. The molecule has 1 saturated heterocycles. The van der Waals surface area contributed by atoms with Crippen molar-refractivity contribution in [3.8, 4) is 0 Å². The molecule has 1 aromatic rings. The van der Waals surface area contributed by atoms with Crippen LogP contribution in [0.4, 0.5) is 0 Å². The summed E-state index contributed by atoms with van der Waals surface area (Å²) in [6.07, 6.45) is 0.517. The van der Waals surface area contributed by atoms with Crippen LogP contribution in [0.5, 0.6) is 0 Å². The Labute approximate surface area is 110 Å². The minimum atomic E-state index is -0.482. The van der Waals surface area contributed by atoms with Crippen LogP contribution in [0, 0.1) is 0 Å². The molecule has 0 saturated carbocycles. The first-order chi connectivity index (χ1) is 8.09. The fourth-order valence-corrected chi connectivity index (χ4v) is 2.40. The molecule has 1 aliphatic heterocycles. The van der Waals surface area contributed by atoms with Crippen molar-refractivity contribution >= 4 is 15.9 Å². The topological polar surface area (TPSA) is 41.5 Å². The Morgan fingerprint density at radius 1 is 1.59 bits per heavy atom. The molecule has 1 heterocycles. The molecule has 4 heteroatoms. The minimum absolute atomic E-state index is 0.00694. The predicted molar refractivity (Wildman–Crippen MR) is 70.9 cm³/mol. The SMILES string of the molecule is CC1(NCC(O)c2cccc(Br)c2)CCOC1. The van der Waals surface area contributed by atoms with Crippen molar-refractivity contribution in [2.75, 3.05) is 19.8 Å². The molecule has 1 aliphatic rings. The largest absolute Gasteiger partial charge is 0.387 e. The summed E-state index contributed by atoms with van der Waals surface area (Å²) in [4.78, 5) is 0. The molecular formula is C13H18BrNO2. The molecule has 1 aromatic carbocycles. The van der Waals surface area contributed by atoms with Gasteiger partial charge in [0, 0.05) is 23.2 Å². The number of aliphatic hydroxyl groups is 1. The summed E-state index contributed by atoms with van der Waals surface area (Å²) >= 11 is 3.41. The zero-order chi connectivity index (χ0) is 12.3. The molecule has 3 nitrogen and oxygen atoms in total. The summed E-state index contributed by atoms with van der Waals surface area (Å²) in [5, 5.41) is 13.5. The van der Waals surface area contributed by atoms with Gasteiger partial charge in [-0.2, -0.15) is 0 Å². The van der Waals surface area contributed by atoms with Gasteiger partial charge < -0.3 is 15.2 Å². The van der Waals surface area contributed by atoms with Crippen LogP contribution in [0.15, 0.2) is 28.7 Å². The van der Waals surface area contributed by atoms with Gasteiger partial charge in [-0.25, -0.2) is 0 Å². The molecule has 0 bridgehead atoms. The number of benzene rings is 1. The maximum absolute atomic E-state index is 10.1. The van der Waals surface area contributed by atoms with Crippen LogP contribution in [0.3, 0.4) is 0 Å². The predicted octanol–water partition coefficient (Wildman–Crippen LogP) is 2.25. The van der Waals surface area contributed by atoms with Crippen LogP contribution in [-0.2, 0) is 4.74 Å². The van der Waals surface area contributed by atoms with Gasteiger partial charge in [0.05, 0.1) is 12.7 Å². The molecule has 17 heavy (non-hydrogen) atoms. The number of ether oxygens (including phenoxy) is 1. The van der Waals surface area contributed by atoms with Crippen LogP contribution in [0.2, 0.25) is 0 Å². The van der Waals surface area contributed by atoms with Crippen molar-refractivity contribution < 1.29 is 9.84 Å². The smallest absolute Gasteiger partial charge is 0.0914 e. The first-order valence-corrected chi connectivity index (χ1v) is 6.65. The highest BCUT2D eigenvalue weighted by Gasteiger charge is 2.29. The molecule has 2 atom stereocenters. The highest BCUT2D eigenvalue weighted by Crippen LogP contribution is 2.21. The minimum Gasteiger partial charge on any atom is -0.387 e. The van der Waals surface area contributed by atoms with E-state index in [1.165, 1.54) is 0 Å². The van der Waals surface area contributed by atoms with E-state index in [0.717, 1.165) is 29.7 Å². The summed E-state index contributed by atoms with van der Waals surface area (Å²) in [5.74, 6) is 0. The van der Waals surface area contributed by atoms with E-state index in [1.807, 2.05) is 24.3 Å². The Morgan fingerprint density at radius 3 is 3.06 bits per heavy atom. The Bertz CT molecular complexity index is 377. The van der Waals surface area contributed by atoms with E-state index in [9.17, 15) is 5.11 Å². The second-order valence-electron chi connectivity index (χ2n) is 4.81. The van der Waals surface area contributed by atoms with E-state index in [1.54, 1.807) is 0 Å². The molecule has 2 unspecified atom stereocenters. The van der Waals surface area contributed by atoms with E-state index in [2.05, 4.69) is 28.2 Å². The van der Waals surface area contributed by atoms with Crippen LogP contribution in [0.25, 0.3) is 0 Å². The standard InChI is InChI=1S/C13H18BrNO2/c1-13(5-6-17-9-13)15-8-12(16)10-3-2-4-11(14)7-10/h2-4,7,12,15-16H,5-6,8-9H2,1H3. The number of aliphatic hydroxyl groups excluding tert-OH is 1. The first kappa shape index (κ1) is 13.0. The highest BCUT2D eigenvalue weighted by atomic mass is 79.9. The van der Waals surface area contributed by atoms with E-state index in [0.29, 0.717) is 6.54 Å². The fraction of sp³-hybridized carbons (Fsp3) is 0.538. The lowest BCUT2D eigenvalue weighted by atomic mass is 10.0. The Balaban J connectivity index is 1.91. The maximum atomic E-state index is 10.1. The molecule has 0 radical (unpaired) electrons. The van der Waals surface area contributed by atoms with Crippen molar-refractivity contribution in [1.82, 2.24) is 5.32 Å². The first-order valence-electron chi connectivity index (χ1n) is 5.85. The van der Waals surface area contributed by atoms with Crippen LogP contribution in [0.1, 0.15) is 25.0 Å². The van der Waals surface area contributed by atoms with Gasteiger partial charge in [-0.3, -0.25) is 0 Å². The molecular weight excluding hydrogens is 282 g/mol. The zero-order valence-electron chi connectivity index (χ0n) is 9.95. The lowest BCUT2D eigenvalue weighted by Crippen LogP contribution is -2.44. The number of β-amino-alcohol motifs (C(OH)–C–C–N with tert-alkyl or cyclic N) is 1. The van der Waals surface area contributed by atoms with Crippen molar-refractivity contribution in [2.45, 2.75) is 25.0 Å². The average Bonchev–Trinajstić information content (AvgIpc) is 2.74. The van der Waals surface area contributed by atoms with E-state index < -0.39 is 6.10 Å². The summed E-state index contributed by atoms with van der Waals surface area (Å²) in [6.45, 7) is 4.21. The van der Waals surface area contributed by atoms with Gasteiger partial charge in [0.15, 0.2) is 0 Å². The molecule has 2 N–H and O–H groups in total. The van der Waals surface area contributed by atoms with Crippen molar-refractivity contribution in [1.29, 1.82) is 0 Å². The Kier molecular flexibility index (Phi) is 4.20.